The number of aryl methyl sites for hydroxylation is 1. The standard InChI is InChI=1S/C20H19N5O2S/c1-25-9-8-18(24-25)23-19(26)16(22-20(27)17-7-4-10-28-17)11-13-12-21-15-6-3-2-5-14(13)15/h2-10,12,16,21H,11H2,1H3,(H,22,27)(H,23,24,26). The molecule has 0 saturated heterocycles. The second kappa shape index (κ2) is 7.69. The fourth-order valence-electron chi connectivity index (χ4n) is 3.06. The Morgan fingerprint density at radius 2 is 2.07 bits per heavy atom. The summed E-state index contributed by atoms with van der Waals surface area (Å²) in [5.74, 6) is -0.133. The smallest absolute Gasteiger partial charge is 0.262 e. The number of hydrogen-bond acceptors (Lipinski definition) is 4. The molecule has 3 aromatic heterocycles. The zero-order chi connectivity index (χ0) is 19.5. The number of aromatic nitrogens is 3. The Balaban J connectivity index is 1.58. The maximum absolute atomic E-state index is 12.9. The number of hydrogen-bond donors (Lipinski definition) is 3. The molecule has 4 rings (SSSR count). The summed E-state index contributed by atoms with van der Waals surface area (Å²) >= 11 is 1.34. The van der Waals surface area contributed by atoms with E-state index in [9.17, 15) is 9.59 Å². The summed E-state index contributed by atoms with van der Waals surface area (Å²) in [7, 11) is 1.78. The van der Waals surface area contributed by atoms with Crippen LogP contribution in [-0.2, 0) is 18.3 Å². The Bertz CT molecular complexity index is 1110. The molecular weight excluding hydrogens is 374 g/mol. The van der Waals surface area contributed by atoms with Gasteiger partial charge in [0.15, 0.2) is 5.82 Å². The van der Waals surface area contributed by atoms with Crippen molar-refractivity contribution in [3.63, 3.8) is 0 Å². The molecule has 0 radical (unpaired) electrons. The van der Waals surface area contributed by atoms with Gasteiger partial charge in [-0.15, -0.1) is 11.3 Å². The number of carbonyl (C=O) groups excluding carboxylic acids is 2. The molecule has 0 fully saturated rings. The maximum atomic E-state index is 12.9. The summed E-state index contributed by atoms with van der Waals surface area (Å²) < 4.78 is 1.61. The van der Waals surface area contributed by atoms with Gasteiger partial charge in [0.2, 0.25) is 5.91 Å². The van der Waals surface area contributed by atoms with Crippen LogP contribution in [0.1, 0.15) is 15.2 Å². The van der Waals surface area contributed by atoms with Crippen molar-refractivity contribution in [2.24, 2.45) is 7.05 Å². The summed E-state index contributed by atoms with van der Waals surface area (Å²) in [6, 6.07) is 12.4. The molecule has 0 saturated carbocycles. The van der Waals surface area contributed by atoms with E-state index in [-0.39, 0.29) is 11.8 Å². The number of nitrogens with zero attached hydrogens (tertiary/aromatic N) is 2. The number of nitrogens with one attached hydrogen (secondary N) is 3. The number of thiophene rings is 1. The Morgan fingerprint density at radius 3 is 2.82 bits per heavy atom. The summed E-state index contributed by atoms with van der Waals surface area (Å²) in [6.45, 7) is 0. The normalized spacial score (nSPS) is 12.0. The van der Waals surface area contributed by atoms with Crippen molar-refractivity contribution >= 4 is 39.9 Å². The third kappa shape index (κ3) is 3.81. The van der Waals surface area contributed by atoms with E-state index in [4.69, 9.17) is 0 Å². The van der Waals surface area contributed by atoms with Crippen molar-refractivity contribution in [2.75, 3.05) is 5.32 Å². The third-order valence-electron chi connectivity index (χ3n) is 4.43. The summed E-state index contributed by atoms with van der Waals surface area (Å²) in [5, 5.41) is 12.7. The Hall–Kier alpha value is -3.39. The predicted octanol–water partition coefficient (Wildman–Crippen LogP) is 2.94. The zero-order valence-corrected chi connectivity index (χ0v) is 16.0. The molecule has 28 heavy (non-hydrogen) atoms. The van der Waals surface area contributed by atoms with E-state index in [1.807, 2.05) is 41.9 Å². The van der Waals surface area contributed by atoms with Crippen LogP contribution < -0.4 is 10.6 Å². The van der Waals surface area contributed by atoms with Gasteiger partial charge in [-0.05, 0) is 23.1 Å². The number of benzene rings is 1. The molecule has 4 aromatic rings. The van der Waals surface area contributed by atoms with E-state index >= 15 is 0 Å². The van der Waals surface area contributed by atoms with Crippen LogP contribution in [0.5, 0.6) is 0 Å². The first-order valence-corrected chi connectivity index (χ1v) is 9.68. The molecule has 0 bridgehead atoms. The molecule has 0 aliphatic heterocycles. The second-order valence-electron chi connectivity index (χ2n) is 6.43. The highest BCUT2D eigenvalue weighted by Crippen LogP contribution is 2.20. The van der Waals surface area contributed by atoms with Gasteiger partial charge in [0.05, 0.1) is 4.88 Å². The summed E-state index contributed by atoms with van der Waals surface area (Å²) in [6.07, 6.45) is 3.98. The number of rotatable bonds is 6. The summed E-state index contributed by atoms with van der Waals surface area (Å²) in [4.78, 5) is 29.2. The van der Waals surface area contributed by atoms with Gasteiger partial charge in [-0.1, -0.05) is 24.3 Å². The van der Waals surface area contributed by atoms with E-state index in [1.165, 1.54) is 11.3 Å². The number of anilines is 1. The SMILES string of the molecule is Cn1ccc(NC(=O)C(Cc2c[nH]c3ccccc23)NC(=O)c2cccs2)n1. The van der Waals surface area contributed by atoms with Gasteiger partial charge in [-0.2, -0.15) is 5.10 Å². The van der Waals surface area contributed by atoms with Crippen LogP contribution in [0, 0.1) is 0 Å². The number of aromatic amines is 1. The van der Waals surface area contributed by atoms with Crippen LogP contribution in [0.2, 0.25) is 0 Å². The van der Waals surface area contributed by atoms with Crippen LogP contribution in [0.3, 0.4) is 0 Å². The van der Waals surface area contributed by atoms with E-state index < -0.39 is 6.04 Å². The Morgan fingerprint density at radius 1 is 1.21 bits per heavy atom. The van der Waals surface area contributed by atoms with E-state index in [1.54, 1.807) is 30.1 Å². The van der Waals surface area contributed by atoms with Crippen molar-refractivity contribution in [3.05, 3.63) is 70.7 Å². The minimum Gasteiger partial charge on any atom is -0.361 e. The average Bonchev–Trinajstić information content (AvgIpc) is 3.43. The zero-order valence-electron chi connectivity index (χ0n) is 15.2. The van der Waals surface area contributed by atoms with Crippen molar-refractivity contribution in [3.8, 4) is 0 Å². The Labute approximate surface area is 165 Å². The number of fused-ring (bicyclic) bond motifs is 1. The Kier molecular flexibility index (Phi) is 4.94. The molecule has 1 atom stereocenters. The third-order valence-corrected chi connectivity index (χ3v) is 5.30. The van der Waals surface area contributed by atoms with Crippen LogP contribution in [0.4, 0.5) is 5.82 Å². The van der Waals surface area contributed by atoms with Crippen LogP contribution in [-0.4, -0.2) is 32.6 Å². The first-order valence-electron chi connectivity index (χ1n) is 8.80. The lowest BCUT2D eigenvalue weighted by Crippen LogP contribution is -2.45. The number of carbonyl (C=O) groups is 2. The molecule has 1 aromatic carbocycles. The van der Waals surface area contributed by atoms with Gasteiger partial charge in [-0.3, -0.25) is 14.3 Å². The molecule has 3 N–H and O–H groups in total. The van der Waals surface area contributed by atoms with E-state index in [2.05, 4.69) is 20.7 Å². The van der Waals surface area contributed by atoms with Gasteiger partial charge in [0, 0.05) is 42.8 Å². The van der Waals surface area contributed by atoms with Gasteiger partial charge >= 0.3 is 0 Å². The van der Waals surface area contributed by atoms with Gasteiger partial charge in [0.25, 0.3) is 5.91 Å². The average molecular weight is 393 g/mol. The first kappa shape index (κ1) is 18.0. The molecule has 0 aliphatic carbocycles. The van der Waals surface area contributed by atoms with Gasteiger partial charge in [-0.25, -0.2) is 0 Å². The summed E-state index contributed by atoms with van der Waals surface area (Å²) in [5.41, 5.74) is 1.95. The number of H-pyrrole nitrogens is 1. The first-order chi connectivity index (χ1) is 13.6. The lowest BCUT2D eigenvalue weighted by atomic mass is 10.0. The quantitative estimate of drug-likeness (QED) is 0.470. The second-order valence-corrected chi connectivity index (χ2v) is 7.38. The van der Waals surface area contributed by atoms with Crippen LogP contribution >= 0.6 is 11.3 Å². The monoisotopic (exact) mass is 393 g/mol. The molecule has 2 amide bonds. The number of amides is 2. The largest absolute Gasteiger partial charge is 0.361 e. The van der Waals surface area contributed by atoms with E-state index in [0.29, 0.717) is 17.1 Å². The molecule has 7 nitrogen and oxygen atoms in total. The topological polar surface area (TPSA) is 91.8 Å². The lowest BCUT2D eigenvalue weighted by Gasteiger charge is -2.17. The highest BCUT2D eigenvalue weighted by atomic mass is 32.1. The van der Waals surface area contributed by atoms with Gasteiger partial charge < -0.3 is 15.6 Å². The van der Waals surface area contributed by atoms with Gasteiger partial charge in [0.1, 0.15) is 6.04 Å². The highest BCUT2D eigenvalue weighted by molar-refractivity contribution is 7.12. The molecular formula is C20H19N5O2S. The van der Waals surface area contributed by atoms with Crippen molar-refractivity contribution in [1.29, 1.82) is 0 Å². The molecule has 0 spiro atoms. The minimum absolute atomic E-state index is 0.268. The molecule has 3 heterocycles. The van der Waals surface area contributed by atoms with Crippen LogP contribution in [0.15, 0.2) is 60.2 Å². The predicted molar refractivity (Wildman–Crippen MR) is 109 cm³/mol. The van der Waals surface area contributed by atoms with Crippen molar-refractivity contribution in [2.45, 2.75) is 12.5 Å². The minimum atomic E-state index is -0.740. The highest BCUT2D eigenvalue weighted by Gasteiger charge is 2.24. The number of para-hydroxylation sites is 1. The molecule has 0 aliphatic rings. The van der Waals surface area contributed by atoms with Crippen molar-refractivity contribution in [1.82, 2.24) is 20.1 Å². The van der Waals surface area contributed by atoms with Crippen LogP contribution in [0.25, 0.3) is 10.9 Å². The van der Waals surface area contributed by atoms with Crippen molar-refractivity contribution < 1.29 is 9.59 Å². The molecule has 8 heteroatoms. The fourth-order valence-corrected chi connectivity index (χ4v) is 3.69. The van der Waals surface area contributed by atoms with E-state index in [0.717, 1.165) is 16.5 Å². The fraction of sp³-hybridized carbons (Fsp3) is 0.150. The molecule has 142 valence electrons. The maximum Gasteiger partial charge on any atom is 0.262 e. The lowest BCUT2D eigenvalue weighted by molar-refractivity contribution is -0.118. The molecule has 1 unspecified atom stereocenters.